The number of H-pyrrole nitrogens is 1. The van der Waals surface area contributed by atoms with Crippen molar-refractivity contribution in [2.24, 2.45) is 0 Å². The van der Waals surface area contributed by atoms with Gasteiger partial charge in [0, 0.05) is 34.3 Å². The molecule has 3 heteroatoms. The number of hydrogen-bond donors (Lipinski definition) is 1. The minimum absolute atomic E-state index is 0.0988. The van der Waals surface area contributed by atoms with E-state index in [0.29, 0.717) is 6.04 Å². The predicted octanol–water partition coefficient (Wildman–Crippen LogP) is 4.72. The number of nitrogens with one attached hydrogen (secondary N) is 1. The van der Waals surface area contributed by atoms with E-state index in [0.717, 1.165) is 23.9 Å². The Hall–Kier alpha value is -2.03. The lowest BCUT2D eigenvalue weighted by Crippen LogP contribution is -2.40. The number of benzene rings is 1. The molecule has 1 aliphatic carbocycles. The summed E-state index contributed by atoms with van der Waals surface area (Å²) in [5.74, 6) is 0.240. The molecule has 1 aliphatic heterocycles. The maximum absolute atomic E-state index is 12.9. The van der Waals surface area contributed by atoms with Gasteiger partial charge in [-0.2, -0.15) is 0 Å². The van der Waals surface area contributed by atoms with Crippen molar-refractivity contribution in [2.45, 2.75) is 58.0 Å². The minimum Gasteiger partial charge on any atom is -0.361 e. The van der Waals surface area contributed by atoms with Gasteiger partial charge in [0.15, 0.2) is 0 Å². The molecule has 1 aromatic carbocycles. The van der Waals surface area contributed by atoms with E-state index in [-0.39, 0.29) is 11.9 Å². The fraction of sp³-hybridized carbons (Fsp3) is 0.450. The number of carbonyl (C=O) groups is 1. The van der Waals surface area contributed by atoms with Crippen LogP contribution in [0.3, 0.4) is 0 Å². The van der Waals surface area contributed by atoms with Gasteiger partial charge < -0.3 is 9.88 Å². The molecular formula is C20H24N2O. The van der Waals surface area contributed by atoms with Crippen LogP contribution in [0.25, 0.3) is 10.9 Å². The van der Waals surface area contributed by atoms with Gasteiger partial charge in [0.05, 0.1) is 6.04 Å². The van der Waals surface area contributed by atoms with Crippen molar-refractivity contribution in [1.29, 1.82) is 0 Å². The number of aromatic amines is 1. The Balaban J connectivity index is 1.81. The van der Waals surface area contributed by atoms with Crippen molar-refractivity contribution in [2.75, 3.05) is 0 Å². The molecule has 1 saturated carbocycles. The Morgan fingerprint density at radius 2 is 1.83 bits per heavy atom. The van der Waals surface area contributed by atoms with Crippen LogP contribution in [0, 0.1) is 0 Å². The Morgan fingerprint density at radius 3 is 2.61 bits per heavy atom. The summed E-state index contributed by atoms with van der Waals surface area (Å²) < 4.78 is 0. The molecule has 0 bridgehead atoms. The molecule has 0 unspecified atom stereocenters. The standard InChI is InChI=1S/C20H24N2O/c1-13-14(2)20(23)22(15-8-4-3-5-9-15)19(13)17-12-21-18-11-7-6-10-16(17)18/h6-7,10-12,15,19,21H,3-5,8-9H2,1-2H3/t19-/m1/s1. The number of fused-ring (bicyclic) bond motifs is 1. The van der Waals surface area contributed by atoms with Crippen LogP contribution in [0.5, 0.6) is 0 Å². The monoisotopic (exact) mass is 308 g/mol. The first-order valence-corrected chi connectivity index (χ1v) is 8.74. The summed E-state index contributed by atoms with van der Waals surface area (Å²) in [5.41, 5.74) is 4.54. The molecule has 4 rings (SSSR count). The fourth-order valence-corrected chi connectivity index (χ4v) is 4.33. The molecule has 0 saturated heterocycles. The largest absolute Gasteiger partial charge is 0.361 e. The van der Waals surface area contributed by atoms with Gasteiger partial charge >= 0.3 is 0 Å². The maximum atomic E-state index is 12.9. The second-order valence-electron chi connectivity index (χ2n) is 7.00. The highest BCUT2D eigenvalue weighted by Crippen LogP contribution is 2.43. The van der Waals surface area contributed by atoms with Gasteiger partial charge in [-0.15, -0.1) is 0 Å². The van der Waals surface area contributed by atoms with Gasteiger partial charge in [-0.05, 0) is 38.3 Å². The van der Waals surface area contributed by atoms with Gasteiger partial charge in [-0.1, -0.05) is 37.5 Å². The third-order valence-corrected chi connectivity index (χ3v) is 5.72. The average molecular weight is 308 g/mol. The van der Waals surface area contributed by atoms with Crippen LogP contribution < -0.4 is 0 Å². The zero-order valence-electron chi connectivity index (χ0n) is 13.9. The molecule has 23 heavy (non-hydrogen) atoms. The molecule has 2 aromatic rings. The molecule has 120 valence electrons. The Labute approximate surface area is 137 Å². The second-order valence-corrected chi connectivity index (χ2v) is 7.00. The Kier molecular flexibility index (Phi) is 3.51. The van der Waals surface area contributed by atoms with Crippen LogP contribution in [0.1, 0.15) is 57.6 Å². The van der Waals surface area contributed by atoms with E-state index in [1.165, 1.54) is 35.8 Å². The molecule has 2 aliphatic rings. The third-order valence-electron chi connectivity index (χ3n) is 5.72. The first-order valence-electron chi connectivity index (χ1n) is 8.74. The van der Waals surface area contributed by atoms with E-state index in [9.17, 15) is 4.79 Å². The lowest BCUT2D eigenvalue weighted by atomic mass is 9.91. The van der Waals surface area contributed by atoms with Crippen LogP contribution in [-0.4, -0.2) is 21.8 Å². The number of para-hydroxylation sites is 1. The van der Waals surface area contributed by atoms with Gasteiger partial charge in [0.1, 0.15) is 0 Å². The number of amides is 1. The molecule has 2 heterocycles. The first-order chi connectivity index (χ1) is 11.2. The van der Waals surface area contributed by atoms with Crippen molar-refractivity contribution >= 4 is 16.8 Å². The Morgan fingerprint density at radius 1 is 1.09 bits per heavy atom. The number of carbonyl (C=O) groups excluding carboxylic acids is 1. The minimum atomic E-state index is 0.0988. The number of hydrogen-bond acceptors (Lipinski definition) is 1. The van der Waals surface area contributed by atoms with Gasteiger partial charge in [-0.25, -0.2) is 0 Å². The summed E-state index contributed by atoms with van der Waals surface area (Å²) in [6.07, 6.45) is 8.18. The van der Waals surface area contributed by atoms with Crippen molar-refractivity contribution in [3.05, 3.63) is 47.2 Å². The van der Waals surface area contributed by atoms with Crippen molar-refractivity contribution in [3.8, 4) is 0 Å². The topological polar surface area (TPSA) is 36.1 Å². The van der Waals surface area contributed by atoms with Gasteiger partial charge in [0.2, 0.25) is 0 Å². The predicted molar refractivity (Wildman–Crippen MR) is 93.1 cm³/mol. The maximum Gasteiger partial charge on any atom is 0.250 e. The summed E-state index contributed by atoms with van der Waals surface area (Å²) in [6.45, 7) is 4.12. The average Bonchev–Trinajstić information content (AvgIpc) is 3.10. The summed E-state index contributed by atoms with van der Waals surface area (Å²) in [6, 6.07) is 8.88. The molecule has 0 radical (unpaired) electrons. The number of nitrogens with zero attached hydrogens (tertiary/aromatic N) is 1. The molecule has 1 N–H and O–H groups in total. The number of rotatable bonds is 2. The fourth-order valence-electron chi connectivity index (χ4n) is 4.33. The van der Waals surface area contributed by atoms with Crippen molar-refractivity contribution in [1.82, 2.24) is 9.88 Å². The Bertz CT molecular complexity index is 780. The third kappa shape index (κ3) is 2.21. The molecule has 1 fully saturated rings. The van der Waals surface area contributed by atoms with Crippen molar-refractivity contribution < 1.29 is 4.79 Å². The lowest BCUT2D eigenvalue weighted by molar-refractivity contribution is -0.130. The summed E-state index contributed by atoms with van der Waals surface area (Å²) in [7, 11) is 0. The van der Waals surface area contributed by atoms with Crippen LogP contribution in [0.4, 0.5) is 0 Å². The first kappa shape index (κ1) is 14.6. The summed E-state index contributed by atoms with van der Waals surface area (Å²) >= 11 is 0. The number of aromatic nitrogens is 1. The van der Waals surface area contributed by atoms with E-state index >= 15 is 0 Å². The highest BCUT2D eigenvalue weighted by Gasteiger charge is 2.40. The molecular weight excluding hydrogens is 284 g/mol. The van der Waals surface area contributed by atoms with E-state index in [4.69, 9.17) is 0 Å². The SMILES string of the molecule is CC1=C(C)[C@H](c2c[nH]c3ccccc23)N(C2CCCCC2)C1=O. The molecule has 1 aromatic heterocycles. The van der Waals surface area contributed by atoms with Gasteiger partial charge in [0.25, 0.3) is 5.91 Å². The van der Waals surface area contributed by atoms with E-state index in [2.05, 4.69) is 47.3 Å². The highest BCUT2D eigenvalue weighted by atomic mass is 16.2. The van der Waals surface area contributed by atoms with Crippen LogP contribution in [0.15, 0.2) is 41.6 Å². The van der Waals surface area contributed by atoms with Crippen LogP contribution in [0.2, 0.25) is 0 Å². The second kappa shape index (κ2) is 5.55. The van der Waals surface area contributed by atoms with Crippen molar-refractivity contribution in [3.63, 3.8) is 0 Å². The van der Waals surface area contributed by atoms with E-state index in [1.54, 1.807) is 0 Å². The highest BCUT2D eigenvalue weighted by molar-refractivity contribution is 5.98. The summed E-state index contributed by atoms with van der Waals surface area (Å²) in [5, 5.41) is 1.24. The zero-order valence-corrected chi connectivity index (χ0v) is 13.9. The molecule has 0 spiro atoms. The quantitative estimate of drug-likeness (QED) is 0.856. The normalized spacial score (nSPS) is 23.3. The molecule has 1 amide bonds. The zero-order chi connectivity index (χ0) is 16.0. The smallest absolute Gasteiger partial charge is 0.250 e. The lowest BCUT2D eigenvalue weighted by Gasteiger charge is -2.36. The molecule has 3 nitrogen and oxygen atoms in total. The summed E-state index contributed by atoms with van der Waals surface area (Å²) in [4.78, 5) is 18.5. The van der Waals surface area contributed by atoms with Crippen LogP contribution >= 0.6 is 0 Å². The van der Waals surface area contributed by atoms with Gasteiger partial charge in [-0.3, -0.25) is 4.79 Å². The molecule has 1 atom stereocenters. The van der Waals surface area contributed by atoms with E-state index in [1.807, 2.05) is 6.92 Å². The van der Waals surface area contributed by atoms with Crippen LogP contribution in [-0.2, 0) is 4.79 Å². The van der Waals surface area contributed by atoms with E-state index < -0.39 is 0 Å².